The molecule has 5 nitrogen and oxygen atoms in total. The van der Waals surface area contributed by atoms with Gasteiger partial charge < -0.3 is 14.8 Å². The quantitative estimate of drug-likeness (QED) is 0.600. The molecule has 0 aliphatic carbocycles. The predicted octanol–water partition coefficient (Wildman–Crippen LogP) is 2.49. The van der Waals surface area contributed by atoms with Gasteiger partial charge in [0.1, 0.15) is 19.0 Å². The average Bonchev–Trinajstić information content (AvgIpc) is 3.07. The zero-order valence-corrected chi connectivity index (χ0v) is 12.8. The maximum Gasteiger partial charge on any atom is 0.307 e. The second-order valence-corrected chi connectivity index (χ2v) is 5.18. The normalized spacial score (nSPS) is 10.0. The highest BCUT2D eigenvalue weighted by atomic mass is 32.1. The number of thiophene rings is 1. The Morgan fingerprint density at radius 1 is 1.09 bits per heavy atom. The molecule has 1 aromatic carbocycles. The van der Waals surface area contributed by atoms with Gasteiger partial charge in [-0.3, -0.25) is 9.59 Å². The van der Waals surface area contributed by atoms with E-state index in [1.165, 1.54) is 11.3 Å². The molecular weight excluding hydrogens is 302 g/mol. The van der Waals surface area contributed by atoms with E-state index in [1.54, 1.807) is 11.4 Å². The van der Waals surface area contributed by atoms with E-state index in [0.717, 1.165) is 5.75 Å². The number of benzene rings is 1. The summed E-state index contributed by atoms with van der Waals surface area (Å²) in [6.45, 7) is 0.746. The molecule has 0 aliphatic heterocycles. The van der Waals surface area contributed by atoms with Crippen LogP contribution in [0, 0.1) is 0 Å². The van der Waals surface area contributed by atoms with Crippen molar-refractivity contribution in [3.63, 3.8) is 0 Å². The SMILES string of the molecule is O=C(CCNC(=O)c1ccsc1)OCCOc1ccccc1. The van der Waals surface area contributed by atoms with Gasteiger partial charge in [-0.1, -0.05) is 18.2 Å². The van der Waals surface area contributed by atoms with Crippen molar-refractivity contribution in [2.24, 2.45) is 0 Å². The van der Waals surface area contributed by atoms with Crippen molar-refractivity contribution < 1.29 is 19.1 Å². The molecule has 1 N–H and O–H groups in total. The third-order valence-electron chi connectivity index (χ3n) is 2.76. The lowest BCUT2D eigenvalue weighted by atomic mass is 10.3. The van der Waals surface area contributed by atoms with Crippen LogP contribution < -0.4 is 10.1 Å². The number of carbonyl (C=O) groups excluding carboxylic acids is 2. The Bertz CT molecular complexity index is 583. The van der Waals surface area contributed by atoms with Crippen LogP contribution >= 0.6 is 11.3 Å². The summed E-state index contributed by atoms with van der Waals surface area (Å²) in [6.07, 6.45) is 0.140. The number of nitrogens with one attached hydrogen (secondary N) is 1. The Labute approximate surface area is 132 Å². The van der Waals surface area contributed by atoms with Gasteiger partial charge in [-0.2, -0.15) is 11.3 Å². The predicted molar refractivity (Wildman–Crippen MR) is 84.2 cm³/mol. The molecule has 0 unspecified atom stereocenters. The van der Waals surface area contributed by atoms with E-state index in [2.05, 4.69) is 5.32 Å². The first-order chi connectivity index (χ1) is 10.8. The van der Waals surface area contributed by atoms with Crippen LogP contribution in [0.25, 0.3) is 0 Å². The molecule has 2 aromatic rings. The van der Waals surface area contributed by atoms with Gasteiger partial charge >= 0.3 is 5.97 Å². The molecule has 0 saturated heterocycles. The number of para-hydroxylation sites is 1. The first-order valence-corrected chi connectivity index (χ1v) is 7.84. The molecular formula is C16H17NO4S. The molecule has 1 heterocycles. The summed E-state index contributed by atoms with van der Waals surface area (Å²) in [5.74, 6) is 0.199. The minimum Gasteiger partial charge on any atom is -0.490 e. The fourth-order valence-corrected chi connectivity index (χ4v) is 2.31. The lowest BCUT2D eigenvalue weighted by Crippen LogP contribution is -2.26. The van der Waals surface area contributed by atoms with Crippen molar-refractivity contribution in [3.05, 3.63) is 52.7 Å². The maximum atomic E-state index is 11.6. The molecule has 0 spiro atoms. The van der Waals surface area contributed by atoms with Gasteiger partial charge in [-0.05, 0) is 23.6 Å². The molecule has 0 radical (unpaired) electrons. The van der Waals surface area contributed by atoms with Gasteiger partial charge in [0, 0.05) is 17.5 Å². The van der Waals surface area contributed by atoms with Gasteiger partial charge in [0.2, 0.25) is 0 Å². The van der Waals surface area contributed by atoms with Gasteiger partial charge in [0.15, 0.2) is 0 Å². The molecule has 1 aromatic heterocycles. The Kier molecular flexibility index (Phi) is 6.44. The Morgan fingerprint density at radius 2 is 1.91 bits per heavy atom. The van der Waals surface area contributed by atoms with Crippen molar-refractivity contribution in [2.75, 3.05) is 19.8 Å². The van der Waals surface area contributed by atoms with Crippen LogP contribution in [0.2, 0.25) is 0 Å². The summed E-state index contributed by atoms with van der Waals surface area (Å²) >= 11 is 1.45. The maximum absolute atomic E-state index is 11.6. The highest BCUT2D eigenvalue weighted by Crippen LogP contribution is 2.07. The molecule has 0 aliphatic rings. The summed E-state index contributed by atoms with van der Waals surface area (Å²) < 4.78 is 10.4. The molecule has 0 saturated carbocycles. The molecule has 0 fully saturated rings. The standard InChI is InChI=1S/C16H17NO4S/c18-15(6-8-17-16(19)13-7-11-22-12-13)21-10-9-20-14-4-2-1-3-5-14/h1-5,7,11-12H,6,8-10H2,(H,17,19). The van der Waals surface area contributed by atoms with E-state index in [0.29, 0.717) is 12.2 Å². The number of hydrogen-bond donors (Lipinski definition) is 1. The lowest BCUT2D eigenvalue weighted by Gasteiger charge is -2.07. The number of esters is 1. The molecule has 116 valence electrons. The van der Waals surface area contributed by atoms with Gasteiger partial charge in [0.05, 0.1) is 6.42 Å². The first kappa shape index (κ1) is 16.0. The Balaban J connectivity index is 1.54. The molecule has 1 amide bonds. The molecule has 0 bridgehead atoms. The Hall–Kier alpha value is -2.34. The number of carbonyl (C=O) groups is 2. The van der Waals surface area contributed by atoms with E-state index in [1.807, 2.05) is 35.7 Å². The van der Waals surface area contributed by atoms with Crippen LogP contribution in [0.1, 0.15) is 16.8 Å². The first-order valence-electron chi connectivity index (χ1n) is 6.89. The Morgan fingerprint density at radius 3 is 2.64 bits per heavy atom. The highest BCUT2D eigenvalue weighted by Gasteiger charge is 2.07. The van der Waals surface area contributed by atoms with Gasteiger partial charge in [-0.15, -0.1) is 0 Å². The van der Waals surface area contributed by atoms with Crippen LogP contribution in [0.3, 0.4) is 0 Å². The van der Waals surface area contributed by atoms with Crippen LogP contribution in [0.4, 0.5) is 0 Å². The second kappa shape index (κ2) is 8.84. The zero-order chi connectivity index (χ0) is 15.6. The fraction of sp³-hybridized carbons (Fsp3) is 0.250. The zero-order valence-electron chi connectivity index (χ0n) is 12.0. The van der Waals surface area contributed by atoms with Crippen LogP contribution in [0.5, 0.6) is 5.75 Å². The number of hydrogen-bond acceptors (Lipinski definition) is 5. The van der Waals surface area contributed by atoms with E-state index in [-0.39, 0.29) is 31.4 Å². The van der Waals surface area contributed by atoms with Crippen molar-refractivity contribution in [1.29, 1.82) is 0 Å². The van der Waals surface area contributed by atoms with Crippen molar-refractivity contribution in [3.8, 4) is 5.75 Å². The van der Waals surface area contributed by atoms with E-state index >= 15 is 0 Å². The second-order valence-electron chi connectivity index (χ2n) is 4.40. The monoisotopic (exact) mass is 319 g/mol. The molecule has 2 rings (SSSR count). The largest absolute Gasteiger partial charge is 0.490 e. The smallest absolute Gasteiger partial charge is 0.307 e. The van der Waals surface area contributed by atoms with Crippen LogP contribution in [-0.4, -0.2) is 31.6 Å². The lowest BCUT2D eigenvalue weighted by molar-refractivity contribution is -0.144. The van der Waals surface area contributed by atoms with Gasteiger partial charge in [-0.25, -0.2) is 0 Å². The van der Waals surface area contributed by atoms with Crippen LogP contribution in [-0.2, 0) is 9.53 Å². The fourth-order valence-electron chi connectivity index (χ4n) is 1.68. The van der Waals surface area contributed by atoms with Gasteiger partial charge in [0.25, 0.3) is 5.91 Å². The van der Waals surface area contributed by atoms with Crippen LogP contribution in [0.15, 0.2) is 47.2 Å². The molecule has 0 atom stereocenters. The van der Waals surface area contributed by atoms with E-state index < -0.39 is 0 Å². The third-order valence-corrected chi connectivity index (χ3v) is 3.44. The molecule has 6 heteroatoms. The molecule has 22 heavy (non-hydrogen) atoms. The van der Waals surface area contributed by atoms with E-state index in [4.69, 9.17) is 9.47 Å². The minimum atomic E-state index is -0.359. The van der Waals surface area contributed by atoms with E-state index in [9.17, 15) is 9.59 Å². The average molecular weight is 319 g/mol. The summed E-state index contributed by atoms with van der Waals surface area (Å²) in [4.78, 5) is 23.1. The minimum absolute atomic E-state index is 0.140. The van der Waals surface area contributed by atoms with Crippen molar-refractivity contribution in [1.82, 2.24) is 5.32 Å². The number of rotatable bonds is 8. The van der Waals surface area contributed by atoms with Crippen molar-refractivity contribution >= 4 is 23.2 Å². The number of ether oxygens (including phenoxy) is 2. The topological polar surface area (TPSA) is 64.6 Å². The van der Waals surface area contributed by atoms with Crippen molar-refractivity contribution in [2.45, 2.75) is 6.42 Å². The number of amides is 1. The summed E-state index contributed by atoms with van der Waals surface area (Å²) in [6, 6.07) is 11.1. The summed E-state index contributed by atoms with van der Waals surface area (Å²) in [5.41, 5.74) is 0.606. The summed E-state index contributed by atoms with van der Waals surface area (Å²) in [7, 11) is 0. The highest BCUT2D eigenvalue weighted by molar-refractivity contribution is 7.08. The third kappa shape index (κ3) is 5.57. The summed E-state index contributed by atoms with van der Waals surface area (Å²) in [5, 5.41) is 6.26.